The van der Waals surface area contributed by atoms with Crippen molar-refractivity contribution in [1.82, 2.24) is 14.1 Å². The summed E-state index contributed by atoms with van der Waals surface area (Å²) >= 11 is 6.12. The predicted molar refractivity (Wildman–Crippen MR) is 130 cm³/mol. The Balaban J connectivity index is 1.67. The van der Waals surface area contributed by atoms with Gasteiger partial charge in [-0.15, -0.1) is 0 Å². The molecule has 33 heavy (non-hydrogen) atoms. The monoisotopic (exact) mass is 492 g/mol. The average Bonchev–Trinajstić information content (AvgIpc) is 2.81. The van der Waals surface area contributed by atoms with Crippen LogP contribution < -0.4 is 15.2 Å². The van der Waals surface area contributed by atoms with Gasteiger partial charge in [-0.2, -0.15) is 14.1 Å². The van der Waals surface area contributed by atoms with Crippen LogP contribution in [0.4, 0.5) is 5.69 Å². The second kappa shape index (κ2) is 9.87. The van der Waals surface area contributed by atoms with E-state index >= 15 is 0 Å². The number of rotatable bonds is 6. The minimum Gasteiger partial charge on any atom is -0.483 e. The van der Waals surface area contributed by atoms with Crippen LogP contribution in [-0.2, 0) is 10.0 Å². The molecule has 0 saturated carbocycles. The smallest absolute Gasteiger partial charge is 0.316 e. The normalized spacial score (nSPS) is 19.8. The number of piperazine rings is 1. The van der Waals surface area contributed by atoms with E-state index in [9.17, 15) is 13.2 Å². The van der Waals surface area contributed by atoms with E-state index in [-0.39, 0.29) is 17.4 Å². The summed E-state index contributed by atoms with van der Waals surface area (Å²) in [6.45, 7) is 4.98. The molecule has 2 aromatic rings. The molecule has 1 fully saturated rings. The first-order valence-corrected chi connectivity index (χ1v) is 13.1. The zero-order valence-corrected chi connectivity index (χ0v) is 20.4. The van der Waals surface area contributed by atoms with Crippen LogP contribution >= 0.6 is 11.6 Å². The summed E-state index contributed by atoms with van der Waals surface area (Å²) in [6, 6.07) is 6.95. The van der Waals surface area contributed by atoms with Gasteiger partial charge in [0.1, 0.15) is 11.8 Å². The third kappa shape index (κ3) is 5.10. The van der Waals surface area contributed by atoms with Crippen molar-refractivity contribution in [3.05, 3.63) is 58.0 Å². The molecular formula is C23H29ClN4O4S. The van der Waals surface area contributed by atoms with Crippen LogP contribution in [0.25, 0.3) is 5.69 Å². The Morgan fingerprint density at radius 1 is 1.15 bits per heavy atom. The molecule has 0 spiro atoms. The van der Waals surface area contributed by atoms with Gasteiger partial charge in [0.2, 0.25) is 15.8 Å². The molecule has 2 aliphatic rings. The molecule has 0 N–H and O–H groups in total. The quantitative estimate of drug-likeness (QED) is 0.575. The van der Waals surface area contributed by atoms with Gasteiger partial charge in [-0.25, -0.2) is 8.42 Å². The Kier molecular flexibility index (Phi) is 7.11. The molecule has 0 bridgehead atoms. The zero-order valence-electron chi connectivity index (χ0n) is 18.9. The van der Waals surface area contributed by atoms with Gasteiger partial charge in [-0.1, -0.05) is 29.8 Å². The minimum absolute atomic E-state index is 0.0979. The van der Waals surface area contributed by atoms with E-state index in [0.717, 1.165) is 19.3 Å². The van der Waals surface area contributed by atoms with E-state index in [4.69, 9.17) is 16.3 Å². The zero-order chi connectivity index (χ0) is 23.6. The van der Waals surface area contributed by atoms with Crippen LogP contribution in [0.3, 0.4) is 0 Å². The second-order valence-corrected chi connectivity index (χ2v) is 11.5. The van der Waals surface area contributed by atoms with E-state index in [2.05, 4.69) is 17.3 Å². The minimum atomic E-state index is -3.32. The van der Waals surface area contributed by atoms with E-state index in [1.165, 1.54) is 8.99 Å². The highest BCUT2D eigenvalue weighted by Crippen LogP contribution is 2.29. The average molecular weight is 493 g/mol. The van der Waals surface area contributed by atoms with Gasteiger partial charge in [-0.3, -0.25) is 4.79 Å². The van der Waals surface area contributed by atoms with Crippen molar-refractivity contribution in [1.29, 1.82) is 0 Å². The Bertz CT molecular complexity index is 1190. The molecule has 0 radical (unpaired) electrons. The van der Waals surface area contributed by atoms with E-state index in [0.29, 0.717) is 42.6 Å². The van der Waals surface area contributed by atoms with Crippen molar-refractivity contribution in [3.63, 3.8) is 0 Å². The van der Waals surface area contributed by atoms with Crippen LogP contribution in [0.1, 0.15) is 33.1 Å². The van der Waals surface area contributed by atoms with Gasteiger partial charge in [0.25, 0.3) is 0 Å². The fraction of sp³-hybridized carbons (Fsp3) is 0.478. The van der Waals surface area contributed by atoms with Crippen LogP contribution in [-0.4, -0.2) is 60.0 Å². The Morgan fingerprint density at radius 3 is 2.55 bits per heavy atom. The highest BCUT2D eigenvalue weighted by Gasteiger charge is 2.31. The Labute approximate surface area is 199 Å². The van der Waals surface area contributed by atoms with Gasteiger partial charge < -0.3 is 9.64 Å². The Hall–Kier alpha value is -2.36. The number of nitrogens with zero attached hydrogens (tertiary/aromatic N) is 4. The maximum atomic E-state index is 13.5. The highest BCUT2D eigenvalue weighted by molar-refractivity contribution is 7.89. The number of anilines is 1. The molecule has 10 heteroatoms. The van der Waals surface area contributed by atoms with Crippen LogP contribution in [0.2, 0.25) is 5.02 Å². The fourth-order valence-corrected chi connectivity index (χ4v) is 5.53. The second-order valence-electron chi connectivity index (χ2n) is 8.56. The van der Waals surface area contributed by atoms with Crippen molar-refractivity contribution in [3.8, 4) is 11.4 Å². The maximum absolute atomic E-state index is 13.5. The lowest BCUT2D eigenvalue weighted by molar-refractivity contribution is 0.187. The standard InChI is InChI=1S/C23H29ClN4O4S/c1-17(2)33(30,31)27-13-11-26(12-14-27)21-16-25-28(19-8-6-7-18(24)15-19)23(29)22(21)32-20-9-4-3-5-10-20/h3-4,6-8,15-17,20H,5,9-14H2,1-2H3. The van der Waals surface area contributed by atoms with E-state index in [1.54, 1.807) is 44.3 Å². The van der Waals surface area contributed by atoms with Gasteiger partial charge in [0, 0.05) is 37.6 Å². The number of aromatic nitrogens is 2. The molecule has 1 unspecified atom stereocenters. The van der Waals surface area contributed by atoms with Crippen molar-refractivity contribution < 1.29 is 13.2 Å². The first-order chi connectivity index (χ1) is 15.8. The van der Waals surface area contributed by atoms with Crippen molar-refractivity contribution in [2.24, 2.45) is 0 Å². The highest BCUT2D eigenvalue weighted by atomic mass is 35.5. The first-order valence-electron chi connectivity index (χ1n) is 11.2. The lowest BCUT2D eigenvalue weighted by Crippen LogP contribution is -2.50. The van der Waals surface area contributed by atoms with E-state index < -0.39 is 15.3 Å². The fourth-order valence-electron chi connectivity index (χ4n) is 4.08. The van der Waals surface area contributed by atoms with Crippen molar-refractivity contribution in [2.75, 3.05) is 31.1 Å². The van der Waals surface area contributed by atoms with Crippen LogP contribution in [0.15, 0.2) is 47.4 Å². The summed E-state index contributed by atoms with van der Waals surface area (Å²) in [5, 5.41) is 4.43. The molecule has 4 rings (SSSR count). The topological polar surface area (TPSA) is 84.7 Å². The number of halogens is 1. The molecule has 1 atom stereocenters. The first kappa shape index (κ1) is 23.8. The Morgan fingerprint density at radius 2 is 1.91 bits per heavy atom. The van der Waals surface area contributed by atoms with Gasteiger partial charge in [0.15, 0.2) is 0 Å². The van der Waals surface area contributed by atoms with Gasteiger partial charge in [-0.05, 0) is 44.9 Å². The summed E-state index contributed by atoms with van der Waals surface area (Å²) < 4.78 is 34.2. The number of benzene rings is 1. The molecule has 178 valence electrons. The third-order valence-electron chi connectivity index (χ3n) is 6.01. The molecule has 1 aromatic heterocycles. The SMILES string of the molecule is CC(C)S(=O)(=O)N1CCN(c2cnn(-c3cccc(Cl)c3)c(=O)c2OC2CC=CCC2)CC1. The van der Waals surface area contributed by atoms with Crippen molar-refractivity contribution in [2.45, 2.75) is 44.5 Å². The number of hydrogen-bond donors (Lipinski definition) is 0. The van der Waals surface area contributed by atoms with Crippen LogP contribution in [0, 0.1) is 0 Å². The molecule has 1 aliphatic heterocycles. The summed E-state index contributed by atoms with van der Waals surface area (Å²) in [5.74, 6) is 0.241. The summed E-state index contributed by atoms with van der Waals surface area (Å²) in [6.07, 6.45) is 8.18. The summed E-state index contributed by atoms with van der Waals surface area (Å²) in [7, 11) is -3.32. The number of ether oxygens (including phenoxy) is 1. The lowest BCUT2D eigenvalue weighted by atomic mass is 10.0. The molecule has 1 aliphatic carbocycles. The van der Waals surface area contributed by atoms with Gasteiger partial charge >= 0.3 is 5.56 Å². The van der Waals surface area contributed by atoms with Gasteiger partial charge in [0.05, 0.1) is 17.1 Å². The molecule has 8 nitrogen and oxygen atoms in total. The molecule has 0 amide bonds. The molecular weight excluding hydrogens is 464 g/mol. The van der Waals surface area contributed by atoms with E-state index in [1.807, 2.05) is 4.90 Å². The van der Waals surface area contributed by atoms with Crippen molar-refractivity contribution >= 4 is 27.3 Å². The number of hydrogen-bond acceptors (Lipinski definition) is 6. The summed E-state index contributed by atoms with van der Waals surface area (Å²) in [4.78, 5) is 15.5. The summed E-state index contributed by atoms with van der Waals surface area (Å²) in [5.41, 5.74) is 0.788. The maximum Gasteiger partial charge on any atom is 0.316 e. The molecule has 1 saturated heterocycles. The predicted octanol–water partition coefficient (Wildman–Crippen LogP) is 3.23. The molecule has 2 heterocycles. The van der Waals surface area contributed by atoms with Crippen LogP contribution in [0.5, 0.6) is 5.75 Å². The lowest BCUT2D eigenvalue weighted by Gasteiger charge is -2.36. The number of sulfonamides is 1. The number of allylic oxidation sites excluding steroid dienone is 1. The molecule has 1 aromatic carbocycles. The third-order valence-corrected chi connectivity index (χ3v) is 8.52. The largest absolute Gasteiger partial charge is 0.483 e.